The van der Waals surface area contributed by atoms with Crippen molar-refractivity contribution in [3.8, 4) is 0 Å². The van der Waals surface area contributed by atoms with E-state index in [1.807, 2.05) is 29.6 Å². The van der Waals surface area contributed by atoms with Gasteiger partial charge in [-0.3, -0.25) is 10.1 Å². The van der Waals surface area contributed by atoms with Crippen LogP contribution in [0.3, 0.4) is 0 Å². The largest absolute Gasteiger partial charge is 0.376 e. The van der Waals surface area contributed by atoms with Crippen molar-refractivity contribution >= 4 is 17.6 Å². The van der Waals surface area contributed by atoms with Crippen molar-refractivity contribution in [2.75, 3.05) is 11.9 Å². The van der Waals surface area contributed by atoms with Crippen LogP contribution in [0.1, 0.15) is 25.3 Å². The maximum Gasteiger partial charge on any atom is 0.318 e. The standard InChI is InChI=1S/C12H17N3O2/c1-8(2)9-4-3-5-10(6-9)14-7-11(16)15-12(13)17/h3-6,8,14H,7H2,1-2H3,(H3,13,15,16,17). The van der Waals surface area contributed by atoms with Crippen molar-refractivity contribution < 1.29 is 9.59 Å². The second kappa shape index (κ2) is 5.89. The lowest BCUT2D eigenvalue weighted by Crippen LogP contribution is -2.38. The van der Waals surface area contributed by atoms with Gasteiger partial charge in [-0.2, -0.15) is 0 Å². The summed E-state index contributed by atoms with van der Waals surface area (Å²) in [5.41, 5.74) is 6.86. The Bertz CT molecular complexity index is 416. The number of hydrogen-bond acceptors (Lipinski definition) is 3. The highest BCUT2D eigenvalue weighted by Gasteiger charge is 2.04. The number of carbonyl (C=O) groups excluding carboxylic acids is 2. The Morgan fingerprint density at radius 2 is 2.06 bits per heavy atom. The fourth-order valence-electron chi connectivity index (χ4n) is 1.37. The van der Waals surface area contributed by atoms with Crippen LogP contribution in [0.5, 0.6) is 0 Å². The Balaban J connectivity index is 2.54. The number of nitrogens with one attached hydrogen (secondary N) is 2. The van der Waals surface area contributed by atoms with Gasteiger partial charge in [0.05, 0.1) is 6.54 Å². The van der Waals surface area contributed by atoms with Crippen molar-refractivity contribution in [2.24, 2.45) is 5.73 Å². The smallest absolute Gasteiger partial charge is 0.318 e. The maximum absolute atomic E-state index is 11.2. The Morgan fingerprint density at radius 1 is 1.35 bits per heavy atom. The normalized spacial score (nSPS) is 10.1. The van der Waals surface area contributed by atoms with E-state index in [9.17, 15) is 9.59 Å². The SMILES string of the molecule is CC(C)c1cccc(NCC(=O)NC(N)=O)c1. The summed E-state index contributed by atoms with van der Waals surface area (Å²) in [4.78, 5) is 21.6. The van der Waals surface area contributed by atoms with Crippen LogP contribution < -0.4 is 16.4 Å². The van der Waals surface area contributed by atoms with Crippen molar-refractivity contribution in [2.45, 2.75) is 19.8 Å². The molecule has 0 aliphatic carbocycles. The van der Waals surface area contributed by atoms with Crippen molar-refractivity contribution in [1.29, 1.82) is 0 Å². The van der Waals surface area contributed by atoms with Gasteiger partial charge in [0.25, 0.3) is 0 Å². The highest BCUT2D eigenvalue weighted by atomic mass is 16.2. The molecule has 5 heteroatoms. The third-order valence-electron chi connectivity index (χ3n) is 2.27. The summed E-state index contributed by atoms with van der Waals surface area (Å²) in [6.07, 6.45) is 0. The van der Waals surface area contributed by atoms with Gasteiger partial charge in [0.2, 0.25) is 5.91 Å². The first-order valence-electron chi connectivity index (χ1n) is 5.42. The molecule has 3 amide bonds. The molecule has 92 valence electrons. The number of imide groups is 1. The Hall–Kier alpha value is -2.04. The summed E-state index contributed by atoms with van der Waals surface area (Å²) >= 11 is 0. The second-order valence-electron chi connectivity index (χ2n) is 4.05. The van der Waals surface area contributed by atoms with Crippen LogP contribution in [0, 0.1) is 0 Å². The van der Waals surface area contributed by atoms with Gasteiger partial charge in [-0.15, -0.1) is 0 Å². The maximum atomic E-state index is 11.2. The molecule has 17 heavy (non-hydrogen) atoms. The summed E-state index contributed by atoms with van der Waals surface area (Å²) in [6.45, 7) is 4.21. The van der Waals surface area contributed by atoms with Gasteiger partial charge in [0, 0.05) is 5.69 Å². The van der Waals surface area contributed by atoms with Crippen LogP contribution in [0.2, 0.25) is 0 Å². The highest BCUT2D eigenvalue weighted by Crippen LogP contribution is 2.18. The molecule has 0 unspecified atom stereocenters. The first kappa shape index (κ1) is 13.0. The molecule has 1 rings (SSSR count). The Kier molecular flexibility index (Phi) is 4.51. The molecule has 0 spiro atoms. The molecular weight excluding hydrogens is 218 g/mol. The van der Waals surface area contributed by atoms with E-state index in [1.165, 1.54) is 5.56 Å². The van der Waals surface area contributed by atoms with E-state index in [0.29, 0.717) is 5.92 Å². The van der Waals surface area contributed by atoms with Crippen LogP contribution in [0.25, 0.3) is 0 Å². The monoisotopic (exact) mass is 235 g/mol. The summed E-state index contributed by atoms with van der Waals surface area (Å²) in [5.74, 6) is -0.0244. The van der Waals surface area contributed by atoms with Gasteiger partial charge < -0.3 is 11.1 Å². The molecule has 0 aliphatic rings. The zero-order chi connectivity index (χ0) is 12.8. The quantitative estimate of drug-likeness (QED) is 0.737. The molecule has 5 nitrogen and oxygen atoms in total. The number of rotatable bonds is 4. The van der Waals surface area contributed by atoms with Crippen LogP contribution in [0.4, 0.5) is 10.5 Å². The third kappa shape index (κ3) is 4.55. The van der Waals surface area contributed by atoms with Gasteiger partial charge in [-0.1, -0.05) is 26.0 Å². The summed E-state index contributed by atoms with van der Waals surface area (Å²) < 4.78 is 0. The molecule has 0 fully saturated rings. The second-order valence-corrected chi connectivity index (χ2v) is 4.05. The van der Waals surface area contributed by atoms with E-state index in [2.05, 4.69) is 19.2 Å². The molecule has 0 heterocycles. The molecule has 0 saturated heterocycles. The summed E-state index contributed by atoms with van der Waals surface area (Å²) in [6, 6.07) is 6.95. The Labute approximate surface area is 100 Å². The number of amides is 3. The van der Waals surface area contributed by atoms with Crippen molar-refractivity contribution in [3.63, 3.8) is 0 Å². The number of hydrogen-bond donors (Lipinski definition) is 3. The zero-order valence-electron chi connectivity index (χ0n) is 9.99. The van der Waals surface area contributed by atoms with E-state index in [4.69, 9.17) is 5.73 Å². The summed E-state index contributed by atoms with van der Waals surface area (Å²) in [7, 11) is 0. The number of urea groups is 1. The number of benzene rings is 1. The van der Waals surface area contributed by atoms with Gasteiger partial charge in [-0.05, 0) is 23.6 Å². The fourth-order valence-corrected chi connectivity index (χ4v) is 1.37. The van der Waals surface area contributed by atoms with Gasteiger partial charge in [-0.25, -0.2) is 4.79 Å². The molecule has 1 aromatic rings. The number of nitrogens with two attached hydrogens (primary N) is 1. The topological polar surface area (TPSA) is 84.2 Å². The number of primary amides is 1. The van der Waals surface area contributed by atoms with E-state index in [1.54, 1.807) is 0 Å². The molecule has 0 radical (unpaired) electrons. The molecule has 0 atom stereocenters. The van der Waals surface area contributed by atoms with Crippen molar-refractivity contribution in [1.82, 2.24) is 5.32 Å². The average Bonchev–Trinajstić information content (AvgIpc) is 2.26. The van der Waals surface area contributed by atoms with Crippen LogP contribution in [-0.4, -0.2) is 18.5 Å². The minimum absolute atomic E-state index is 0.0183. The molecule has 0 aromatic heterocycles. The molecule has 0 saturated carbocycles. The number of carbonyl (C=O) groups is 2. The van der Waals surface area contributed by atoms with Crippen LogP contribution in [0.15, 0.2) is 24.3 Å². The minimum Gasteiger partial charge on any atom is -0.376 e. The molecule has 0 aliphatic heterocycles. The third-order valence-corrected chi connectivity index (χ3v) is 2.27. The average molecular weight is 235 g/mol. The van der Waals surface area contributed by atoms with Gasteiger partial charge in [0.15, 0.2) is 0 Å². The predicted molar refractivity (Wildman–Crippen MR) is 66.7 cm³/mol. The van der Waals surface area contributed by atoms with Crippen LogP contribution in [-0.2, 0) is 4.79 Å². The molecule has 1 aromatic carbocycles. The summed E-state index contributed by atoms with van der Waals surface area (Å²) in [5, 5.41) is 4.91. The lowest BCUT2D eigenvalue weighted by Gasteiger charge is -2.09. The lowest BCUT2D eigenvalue weighted by atomic mass is 10.0. The highest BCUT2D eigenvalue weighted by molar-refractivity contribution is 5.95. The molecule has 4 N–H and O–H groups in total. The van der Waals surface area contributed by atoms with Gasteiger partial charge >= 0.3 is 6.03 Å². The van der Waals surface area contributed by atoms with E-state index in [-0.39, 0.29) is 6.54 Å². The fraction of sp³-hybridized carbons (Fsp3) is 0.333. The predicted octanol–water partition coefficient (Wildman–Crippen LogP) is 1.42. The van der Waals surface area contributed by atoms with Crippen LogP contribution >= 0.6 is 0 Å². The Morgan fingerprint density at radius 3 is 2.65 bits per heavy atom. The number of anilines is 1. The molecule has 0 bridgehead atoms. The van der Waals surface area contributed by atoms with Crippen molar-refractivity contribution in [3.05, 3.63) is 29.8 Å². The first-order valence-corrected chi connectivity index (χ1v) is 5.42. The van der Waals surface area contributed by atoms with E-state index < -0.39 is 11.9 Å². The lowest BCUT2D eigenvalue weighted by molar-refractivity contribution is -0.118. The van der Waals surface area contributed by atoms with E-state index >= 15 is 0 Å². The first-order chi connectivity index (χ1) is 7.99. The minimum atomic E-state index is -0.840. The van der Waals surface area contributed by atoms with E-state index in [0.717, 1.165) is 5.69 Å². The van der Waals surface area contributed by atoms with Gasteiger partial charge in [0.1, 0.15) is 0 Å². The molecular formula is C12H17N3O2. The zero-order valence-corrected chi connectivity index (χ0v) is 9.99.